The molecule has 2 nitrogen and oxygen atoms in total. The van der Waals surface area contributed by atoms with Gasteiger partial charge in [-0.1, -0.05) is 33.6 Å². The Kier molecular flexibility index (Phi) is 4.20. The Hall–Kier alpha value is -0.0800. The van der Waals surface area contributed by atoms with E-state index in [0.717, 1.165) is 19.6 Å². The molecular weight excluding hydrogens is 164 g/mol. The second-order valence-electron chi connectivity index (χ2n) is 4.71. The lowest BCUT2D eigenvalue weighted by molar-refractivity contribution is -0.224. The van der Waals surface area contributed by atoms with Crippen LogP contribution in [-0.2, 0) is 9.47 Å². The summed E-state index contributed by atoms with van der Waals surface area (Å²) >= 11 is 0. The van der Waals surface area contributed by atoms with Gasteiger partial charge in [-0.15, -0.1) is 0 Å². The predicted molar refractivity (Wildman–Crippen MR) is 53.6 cm³/mol. The fourth-order valence-corrected chi connectivity index (χ4v) is 1.45. The molecule has 0 bridgehead atoms. The van der Waals surface area contributed by atoms with E-state index in [9.17, 15) is 0 Å². The second-order valence-corrected chi connectivity index (χ2v) is 4.71. The molecule has 1 aliphatic rings. The van der Waals surface area contributed by atoms with Crippen LogP contribution >= 0.6 is 0 Å². The first-order valence-corrected chi connectivity index (χ1v) is 5.37. The van der Waals surface area contributed by atoms with Gasteiger partial charge in [0.1, 0.15) is 0 Å². The number of hydrogen-bond acceptors (Lipinski definition) is 2. The van der Waals surface area contributed by atoms with E-state index < -0.39 is 0 Å². The van der Waals surface area contributed by atoms with Crippen LogP contribution in [0.5, 0.6) is 0 Å². The van der Waals surface area contributed by atoms with Gasteiger partial charge in [-0.2, -0.15) is 0 Å². The Morgan fingerprint density at radius 3 is 2.31 bits per heavy atom. The fourth-order valence-electron chi connectivity index (χ4n) is 1.45. The van der Waals surface area contributed by atoms with Crippen LogP contribution in [0.25, 0.3) is 0 Å². The van der Waals surface area contributed by atoms with Crippen molar-refractivity contribution >= 4 is 0 Å². The summed E-state index contributed by atoms with van der Waals surface area (Å²) in [5.41, 5.74) is 0.210. The molecule has 0 unspecified atom stereocenters. The van der Waals surface area contributed by atoms with E-state index in [0.29, 0.717) is 0 Å². The second kappa shape index (κ2) is 4.97. The largest absolute Gasteiger partial charge is 0.352 e. The minimum atomic E-state index is 0.0691. The predicted octanol–water partition coefficient (Wildman–Crippen LogP) is 2.97. The topological polar surface area (TPSA) is 18.5 Å². The molecule has 0 spiro atoms. The summed E-state index contributed by atoms with van der Waals surface area (Å²) in [6, 6.07) is 0. The molecule has 2 heteroatoms. The van der Waals surface area contributed by atoms with Gasteiger partial charge in [-0.05, 0) is 12.8 Å². The van der Waals surface area contributed by atoms with Gasteiger partial charge < -0.3 is 9.47 Å². The number of ether oxygens (including phenoxy) is 2. The minimum Gasteiger partial charge on any atom is -0.352 e. The normalized spacial score (nSPS) is 23.3. The first-order chi connectivity index (χ1) is 6.14. The van der Waals surface area contributed by atoms with Crippen LogP contribution in [0.2, 0.25) is 0 Å². The van der Waals surface area contributed by atoms with Crippen LogP contribution in [0, 0.1) is 5.41 Å². The Bertz CT molecular complexity index is 133. The van der Waals surface area contributed by atoms with E-state index in [4.69, 9.17) is 9.47 Å². The van der Waals surface area contributed by atoms with Gasteiger partial charge in [-0.3, -0.25) is 0 Å². The number of unbranched alkanes of at least 4 members (excludes halogenated alkanes) is 2. The van der Waals surface area contributed by atoms with Crippen molar-refractivity contribution in [2.45, 2.75) is 52.7 Å². The van der Waals surface area contributed by atoms with Crippen LogP contribution in [0.1, 0.15) is 46.5 Å². The van der Waals surface area contributed by atoms with Gasteiger partial charge >= 0.3 is 0 Å². The third kappa shape index (κ3) is 4.10. The molecule has 1 saturated heterocycles. The van der Waals surface area contributed by atoms with E-state index in [-0.39, 0.29) is 11.7 Å². The average Bonchev–Trinajstić information content (AvgIpc) is 2.08. The third-order valence-electron chi connectivity index (χ3n) is 2.36. The number of rotatable bonds is 4. The summed E-state index contributed by atoms with van der Waals surface area (Å²) in [6.07, 6.45) is 4.90. The highest BCUT2D eigenvalue weighted by atomic mass is 16.7. The van der Waals surface area contributed by atoms with Crippen molar-refractivity contribution in [1.82, 2.24) is 0 Å². The maximum Gasteiger partial charge on any atom is 0.157 e. The first kappa shape index (κ1) is 11.0. The zero-order valence-electron chi connectivity index (χ0n) is 9.14. The highest BCUT2D eigenvalue weighted by molar-refractivity contribution is 4.71. The highest BCUT2D eigenvalue weighted by Crippen LogP contribution is 2.24. The Balaban J connectivity index is 2.11. The summed E-state index contributed by atoms with van der Waals surface area (Å²) in [5, 5.41) is 0. The van der Waals surface area contributed by atoms with E-state index in [1.54, 1.807) is 0 Å². The van der Waals surface area contributed by atoms with Gasteiger partial charge in [0, 0.05) is 5.41 Å². The molecular formula is C11H22O2. The maximum atomic E-state index is 5.62. The monoisotopic (exact) mass is 186 g/mol. The van der Waals surface area contributed by atoms with Gasteiger partial charge in [0.2, 0.25) is 0 Å². The molecule has 1 fully saturated rings. The van der Waals surface area contributed by atoms with Crippen molar-refractivity contribution in [2.24, 2.45) is 5.41 Å². The highest BCUT2D eigenvalue weighted by Gasteiger charge is 2.27. The molecule has 0 N–H and O–H groups in total. The molecule has 0 aliphatic carbocycles. The van der Waals surface area contributed by atoms with Crippen molar-refractivity contribution in [1.29, 1.82) is 0 Å². The average molecular weight is 186 g/mol. The first-order valence-electron chi connectivity index (χ1n) is 5.37. The maximum absolute atomic E-state index is 5.62. The lowest BCUT2D eigenvalue weighted by atomic mass is 9.95. The summed E-state index contributed by atoms with van der Waals surface area (Å²) in [5.74, 6) is 0. The van der Waals surface area contributed by atoms with Gasteiger partial charge in [-0.25, -0.2) is 0 Å². The number of hydrogen-bond donors (Lipinski definition) is 0. The molecule has 1 rings (SSSR count). The van der Waals surface area contributed by atoms with Crippen LogP contribution in [-0.4, -0.2) is 19.5 Å². The van der Waals surface area contributed by atoms with Crippen molar-refractivity contribution in [3.05, 3.63) is 0 Å². The zero-order valence-corrected chi connectivity index (χ0v) is 9.14. The zero-order chi connectivity index (χ0) is 9.73. The summed E-state index contributed by atoms with van der Waals surface area (Å²) in [4.78, 5) is 0. The van der Waals surface area contributed by atoms with E-state index in [2.05, 4.69) is 20.8 Å². The molecule has 0 radical (unpaired) electrons. The SMILES string of the molecule is CCCCCC1OCC(C)(C)CO1. The van der Waals surface area contributed by atoms with Crippen LogP contribution in [0.15, 0.2) is 0 Å². The Morgan fingerprint density at radius 1 is 1.15 bits per heavy atom. The van der Waals surface area contributed by atoms with Gasteiger partial charge in [0.05, 0.1) is 13.2 Å². The summed E-state index contributed by atoms with van der Waals surface area (Å²) < 4.78 is 11.2. The quantitative estimate of drug-likeness (QED) is 0.628. The Labute approximate surface area is 81.6 Å². The molecule has 0 aromatic heterocycles. The molecule has 0 amide bonds. The summed E-state index contributed by atoms with van der Waals surface area (Å²) in [7, 11) is 0. The van der Waals surface area contributed by atoms with Crippen molar-refractivity contribution in [2.75, 3.05) is 13.2 Å². The van der Waals surface area contributed by atoms with Crippen molar-refractivity contribution < 1.29 is 9.47 Å². The molecule has 0 atom stereocenters. The van der Waals surface area contributed by atoms with E-state index in [1.807, 2.05) is 0 Å². The van der Waals surface area contributed by atoms with Gasteiger partial charge in [0.15, 0.2) is 6.29 Å². The summed E-state index contributed by atoms with van der Waals surface area (Å²) in [6.45, 7) is 8.24. The molecule has 1 aliphatic heterocycles. The Morgan fingerprint density at radius 2 is 1.77 bits per heavy atom. The molecule has 0 aromatic carbocycles. The smallest absolute Gasteiger partial charge is 0.157 e. The molecule has 0 saturated carbocycles. The van der Waals surface area contributed by atoms with Crippen molar-refractivity contribution in [3.63, 3.8) is 0 Å². The lowest BCUT2D eigenvalue weighted by Crippen LogP contribution is -2.37. The lowest BCUT2D eigenvalue weighted by Gasteiger charge is -2.34. The van der Waals surface area contributed by atoms with Crippen LogP contribution < -0.4 is 0 Å². The van der Waals surface area contributed by atoms with Crippen LogP contribution in [0.4, 0.5) is 0 Å². The fraction of sp³-hybridized carbons (Fsp3) is 1.00. The van der Waals surface area contributed by atoms with E-state index >= 15 is 0 Å². The molecule has 1 heterocycles. The third-order valence-corrected chi connectivity index (χ3v) is 2.36. The van der Waals surface area contributed by atoms with E-state index in [1.165, 1.54) is 19.3 Å². The van der Waals surface area contributed by atoms with Gasteiger partial charge in [0.25, 0.3) is 0 Å². The molecule has 13 heavy (non-hydrogen) atoms. The standard InChI is InChI=1S/C11H22O2/c1-4-5-6-7-10-12-8-11(2,3)9-13-10/h10H,4-9H2,1-3H3. The molecule has 78 valence electrons. The van der Waals surface area contributed by atoms with Crippen molar-refractivity contribution in [3.8, 4) is 0 Å². The van der Waals surface area contributed by atoms with Crippen LogP contribution in [0.3, 0.4) is 0 Å². The minimum absolute atomic E-state index is 0.0691. The molecule has 0 aromatic rings.